The smallest absolute Gasteiger partial charge is 0.151 e. The van der Waals surface area contributed by atoms with Crippen LogP contribution in [0.4, 0.5) is 0 Å². The average molecular weight is 368 g/mol. The first-order valence-electron chi connectivity index (χ1n) is 6.73. The van der Waals surface area contributed by atoms with Crippen molar-refractivity contribution >= 4 is 22.6 Å². The Kier molecular flexibility index (Phi) is 4.88. The minimum atomic E-state index is 0.0479. The van der Waals surface area contributed by atoms with E-state index in [0.29, 0.717) is 16.0 Å². The Labute approximate surface area is 123 Å². The van der Waals surface area contributed by atoms with Crippen LogP contribution in [0.1, 0.15) is 33.1 Å². The van der Waals surface area contributed by atoms with Gasteiger partial charge in [-0.05, 0) is 33.7 Å². The first-order chi connectivity index (χ1) is 8.43. The van der Waals surface area contributed by atoms with Gasteiger partial charge in [0, 0.05) is 12.0 Å². The van der Waals surface area contributed by atoms with E-state index in [1.54, 1.807) is 0 Å². The number of hydrogen-bond acceptors (Lipinski definition) is 5. The molecule has 2 fully saturated rings. The number of ether oxygens (including phenoxy) is 1. The van der Waals surface area contributed by atoms with E-state index in [9.17, 15) is 0 Å². The second kappa shape index (κ2) is 5.88. The summed E-state index contributed by atoms with van der Waals surface area (Å²) in [6.45, 7) is 4.27. The molecular formula is C12H25IN4O. The van der Waals surface area contributed by atoms with E-state index >= 15 is 0 Å². The highest BCUT2D eigenvalue weighted by atomic mass is 127. The third kappa shape index (κ3) is 2.99. The molecule has 1 aliphatic heterocycles. The zero-order valence-corrected chi connectivity index (χ0v) is 13.6. The van der Waals surface area contributed by atoms with Crippen LogP contribution in [0.3, 0.4) is 0 Å². The highest BCUT2D eigenvalue weighted by Gasteiger charge is 2.52. The third-order valence-corrected chi connectivity index (χ3v) is 5.30. The number of epoxide rings is 1. The first kappa shape index (κ1) is 14.9. The van der Waals surface area contributed by atoms with Crippen LogP contribution in [0.25, 0.3) is 0 Å². The molecule has 106 valence electrons. The van der Waals surface area contributed by atoms with Gasteiger partial charge in [0.15, 0.2) is 6.23 Å². The van der Waals surface area contributed by atoms with Gasteiger partial charge in [-0.1, -0.05) is 29.0 Å². The number of alkyl halides is 1. The largest absolute Gasteiger partial charge is 0.351 e. The van der Waals surface area contributed by atoms with Crippen molar-refractivity contribution in [2.75, 3.05) is 7.05 Å². The summed E-state index contributed by atoms with van der Waals surface area (Å²) in [6.07, 6.45) is 4.00. The Hall–Kier alpha value is 0.530. The number of nitrogens with zero attached hydrogens (tertiary/aromatic N) is 2. The molecule has 0 aromatic heterocycles. The molecule has 0 radical (unpaired) electrons. The van der Waals surface area contributed by atoms with E-state index in [-0.39, 0.29) is 18.5 Å². The molecule has 5 nitrogen and oxygen atoms in total. The lowest BCUT2D eigenvalue weighted by Crippen LogP contribution is -2.52. The summed E-state index contributed by atoms with van der Waals surface area (Å²) in [5, 5.41) is 1.84. The zero-order chi connectivity index (χ0) is 13.4. The van der Waals surface area contributed by atoms with Crippen molar-refractivity contribution < 1.29 is 4.74 Å². The molecule has 0 bridgehead atoms. The highest BCUT2D eigenvalue weighted by Crippen LogP contribution is 2.40. The molecule has 1 saturated carbocycles. The average Bonchev–Trinajstić information content (AvgIpc) is 3.01. The van der Waals surface area contributed by atoms with Crippen molar-refractivity contribution in [3.8, 4) is 0 Å². The summed E-state index contributed by atoms with van der Waals surface area (Å²) >= 11 is 2.39. The van der Waals surface area contributed by atoms with Crippen LogP contribution < -0.4 is 11.6 Å². The number of hydrazine groups is 1. The van der Waals surface area contributed by atoms with Crippen LogP contribution in [0.2, 0.25) is 0 Å². The van der Waals surface area contributed by atoms with Gasteiger partial charge in [-0.2, -0.15) is 5.01 Å². The van der Waals surface area contributed by atoms with Crippen molar-refractivity contribution in [1.29, 1.82) is 0 Å². The number of nitrogens with two attached hydrogens (primary N) is 2. The van der Waals surface area contributed by atoms with E-state index in [1.165, 1.54) is 12.8 Å². The summed E-state index contributed by atoms with van der Waals surface area (Å²) in [4.78, 5) is 2.23. The number of halogens is 1. The van der Waals surface area contributed by atoms with Crippen LogP contribution in [-0.2, 0) is 4.74 Å². The van der Waals surface area contributed by atoms with Crippen LogP contribution in [0.5, 0.6) is 0 Å². The van der Waals surface area contributed by atoms with Gasteiger partial charge in [0.05, 0.1) is 10.2 Å². The van der Waals surface area contributed by atoms with Gasteiger partial charge in [-0.15, -0.1) is 0 Å². The summed E-state index contributed by atoms with van der Waals surface area (Å²) in [7, 11) is 2.08. The normalized spacial score (nSPS) is 39.3. The summed E-state index contributed by atoms with van der Waals surface area (Å²) < 4.78 is 6.22. The van der Waals surface area contributed by atoms with Gasteiger partial charge < -0.3 is 10.5 Å². The molecular weight excluding hydrogens is 343 g/mol. The van der Waals surface area contributed by atoms with Gasteiger partial charge in [-0.25, -0.2) is 0 Å². The van der Waals surface area contributed by atoms with Crippen molar-refractivity contribution in [3.63, 3.8) is 0 Å². The van der Waals surface area contributed by atoms with Crippen LogP contribution >= 0.6 is 22.6 Å². The van der Waals surface area contributed by atoms with Gasteiger partial charge >= 0.3 is 0 Å². The standard InChI is InChI=1S/C12H25IN4O/c1-7(13)16(3)8(2)17(15)12-11(18-12)9-5-4-6-10(9)14/h7-12H,4-6,14-15H2,1-3H3/t7-,8+,9+,10-,11+,12+/m1/s1. The van der Waals surface area contributed by atoms with Crippen molar-refractivity contribution in [2.45, 2.75) is 61.7 Å². The van der Waals surface area contributed by atoms with Gasteiger partial charge in [-0.3, -0.25) is 10.7 Å². The Morgan fingerprint density at radius 1 is 1.33 bits per heavy atom. The second-order valence-electron chi connectivity index (χ2n) is 5.57. The summed E-state index contributed by atoms with van der Waals surface area (Å²) in [6, 6.07) is 0.296. The lowest BCUT2D eigenvalue weighted by Gasteiger charge is -2.33. The predicted molar refractivity (Wildman–Crippen MR) is 80.7 cm³/mol. The molecule has 0 amide bonds. The lowest BCUT2D eigenvalue weighted by atomic mass is 10.00. The fraction of sp³-hybridized carbons (Fsp3) is 1.00. The fourth-order valence-electron chi connectivity index (χ4n) is 2.81. The van der Waals surface area contributed by atoms with E-state index < -0.39 is 0 Å². The van der Waals surface area contributed by atoms with Crippen LogP contribution in [0, 0.1) is 5.92 Å². The minimum absolute atomic E-state index is 0.0479. The predicted octanol–water partition coefficient (Wildman–Crippen LogP) is 1.07. The van der Waals surface area contributed by atoms with Crippen LogP contribution in [0.15, 0.2) is 0 Å². The van der Waals surface area contributed by atoms with Crippen molar-refractivity contribution in [2.24, 2.45) is 17.5 Å². The lowest BCUT2D eigenvalue weighted by molar-refractivity contribution is 0.0353. The maximum atomic E-state index is 6.19. The quantitative estimate of drug-likeness (QED) is 0.145. The molecule has 0 spiro atoms. The van der Waals surface area contributed by atoms with Crippen molar-refractivity contribution in [3.05, 3.63) is 0 Å². The Morgan fingerprint density at radius 2 is 2.00 bits per heavy atom. The molecule has 0 aromatic carbocycles. The summed E-state index contributed by atoms with van der Waals surface area (Å²) in [5.41, 5.74) is 6.12. The molecule has 2 rings (SSSR count). The van der Waals surface area contributed by atoms with E-state index in [0.717, 1.165) is 6.42 Å². The maximum absolute atomic E-state index is 6.19. The molecule has 1 aliphatic carbocycles. The zero-order valence-electron chi connectivity index (χ0n) is 11.4. The molecule has 0 unspecified atom stereocenters. The van der Waals surface area contributed by atoms with E-state index in [2.05, 4.69) is 48.4 Å². The molecule has 1 heterocycles. The van der Waals surface area contributed by atoms with E-state index in [4.69, 9.17) is 16.3 Å². The van der Waals surface area contributed by atoms with Gasteiger partial charge in [0.1, 0.15) is 6.10 Å². The highest BCUT2D eigenvalue weighted by molar-refractivity contribution is 14.1. The minimum Gasteiger partial charge on any atom is -0.351 e. The monoisotopic (exact) mass is 368 g/mol. The second-order valence-corrected chi connectivity index (χ2v) is 7.37. The molecule has 1 saturated heterocycles. The van der Waals surface area contributed by atoms with E-state index in [1.807, 2.05) is 5.01 Å². The Balaban J connectivity index is 1.86. The van der Waals surface area contributed by atoms with Gasteiger partial charge in [0.2, 0.25) is 0 Å². The third-order valence-electron chi connectivity index (χ3n) is 4.42. The molecule has 2 aliphatic rings. The molecule has 4 N–H and O–H groups in total. The fourth-order valence-corrected chi connectivity index (χ4v) is 3.28. The summed E-state index contributed by atoms with van der Waals surface area (Å²) in [5.74, 6) is 6.68. The van der Waals surface area contributed by atoms with Crippen LogP contribution in [-0.4, -0.2) is 45.5 Å². The molecule has 18 heavy (non-hydrogen) atoms. The topological polar surface area (TPSA) is 71.0 Å². The van der Waals surface area contributed by atoms with Crippen molar-refractivity contribution in [1.82, 2.24) is 9.91 Å². The first-order valence-corrected chi connectivity index (χ1v) is 7.98. The SMILES string of the molecule is C[C@H](I)N(C)[C@H](C)N(N)[C@H]1O[C@H]1[C@H]1CCC[C@H]1N. The molecule has 0 aromatic rings. The maximum Gasteiger partial charge on any atom is 0.151 e. The van der Waals surface area contributed by atoms with Gasteiger partial charge in [0.25, 0.3) is 0 Å². The Morgan fingerprint density at radius 3 is 2.50 bits per heavy atom. The number of rotatable bonds is 5. The number of hydrogen-bond donors (Lipinski definition) is 2. The molecule has 6 heteroatoms. The molecule has 6 atom stereocenters. The Bertz CT molecular complexity index is 291.